The van der Waals surface area contributed by atoms with Crippen molar-refractivity contribution in [1.82, 2.24) is 4.90 Å². The monoisotopic (exact) mass is 457 g/mol. The number of hydrogen-bond donors (Lipinski definition) is 0. The molecule has 0 saturated carbocycles. The molecule has 33 heavy (non-hydrogen) atoms. The molecule has 2 heterocycles. The fourth-order valence-corrected chi connectivity index (χ4v) is 4.31. The Labute approximate surface area is 198 Å². The summed E-state index contributed by atoms with van der Waals surface area (Å²) < 4.78 is 5.46. The Bertz CT molecular complexity index is 1220. The van der Waals surface area contributed by atoms with Gasteiger partial charge in [-0.2, -0.15) is 5.10 Å². The van der Waals surface area contributed by atoms with Crippen molar-refractivity contribution in [3.05, 3.63) is 99.8 Å². The van der Waals surface area contributed by atoms with E-state index >= 15 is 0 Å². The van der Waals surface area contributed by atoms with Gasteiger partial charge < -0.3 is 4.42 Å². The highest BCUT2D eigenvalue weighted by molar-refractivity contribution is 8.18. The van der Waals surface area contributed by atoms with Crippen molar-refractivity contribution in [2.24, 2.45) is 10.2 Å². The van der Waals surface area contributed by atoms with Crippen molar-refractivity contribution in [1.29, 1.82) is 0 Å². The molecule has 168 valence electrons. The van der Waals surface area contributed by atoms with Gasteiger partial charge >= 0.3 is 0 Å². The predicted molar refractivity (Wildman–Crippen MR) is 136 cm³/mol. The third-order valence-corrected chi connectivity index (χ3v) is 6.38. The SMILES string of the molecule is Cc1ccccc1/C=C1\S/C(=N\N=C\c2ccc(C(C)(C)C)cc2)N(Cc2ccco2)C1=O. The van der Waals surface area contributed by atoms with Crippen LogP contribution in [-0.2, 0) is 16.8 Å². The van der Waals surface area contributed by atoms with Gasteiger partial charge in [-0.1, -0.05) is 69.3 Å². The lowest BCUT2D eigenvalue weighted by atomic mass is 9.87. The van der Waals surface area contributed by atoms with Crippen LogP contribution in [0.15, 0.2) is 86.5 Å². The summed E-state index contributed by atoms with van der Waals surface area (Å²) in [6.07, 6.45) is 5.22. The summed E-state index contributed by atoms with van der Waals surface area (Å²) in [6, 6.07) is 19.9. The van der Waals surface area contributed by atoms with Gasteiger partial charge in [0.1, 0.15) is 5.76 Å². The van der Waals surface area contributed by atoms with E-state index in [-0.39, 0.29) is 11.3 Å². The summed E-state index contributed by atoms with van der Waals surface area (Å²) in [5.41, 5.74) is 4.43. The molecule has 0 radical (unpaired) electrons. The average Bonchev–Trinajstić information content (AvgIpc) is 3.39. The Morgan fingerprint density at radius 3 is 2.45 bits per heavy atom. The van der Waals surface area contributed by atoms with Gasteiger partial charge in [0.15, 0.2) is 5.17 Å². The lowest BCUT2D eigenvalue weighted by Gasteiger charge is -2.18. The summed E-state index contributed by atoms with van der Waals surface area (Å²) >= 11 is 1.33. The molecule has 0 aliphatic carbocycles. The third kappa shape index (κ3) is 5.52. The number of amidine groups is 1. The number of rotatable bonds is 5. The smallest absolute Gasteiger partial charge is 0.267 e. The summed E-state index contributed by atoms with van der Waals surface area (Å²) in [6.45, 7) is 8.89. The molecular formula is C27H27N3O2S. The molecule has 1 aliphatic heterocycles. The van der Waals surface area contributed by atoms with Crippen LogP contribution in [-0.4, -0.2) is 22.2 Å². The zero-order valence-corrected chi connectivity index (χ0v) is 20.1. The molecule has 0 unspecified atom stereocenters. The van der Waals surface area contributed by atoms with E-state index in [2.05, 4.69) is 43.1 Å². The van der Waals surface area contributed by atoms with Crippen molar-refractivity contribution in [3.8, 4) is 0 Å². The van der Waals surface area contributed by atoms with E-state index in [1.54, 1.807) is 17.4 Å². The second-order valence-corrected chi connectivity index (χ2v) is 9.95. The molecule has 6 heteroatoms. The van der Waals surface area contributed by atoms with Crippen LogP contribution < -0.4 is 0 Å². The largest absolute Gasteiger partial charge is 0.467 e. The van der Waals surface area contributed by atoms with Crippen molar-refractivity contribution in [2.75, 3.05) is 0 Å². The maximum absolute atomic E-state index is 13.2. The zero-order chi connectivity index (χ0) is 23.4. The van der Waals surface area contributed by atoms with Gasteiger partial charge in [0, 0.05) is 0 Å². The molecule has 1 saturated heterocycles. The van der Waals surface area contributed by atoms with E-state index in [0.29, 0.717) is 22.4 Å². The summed E-state index contributed by atoms with van der Waals surface area (Å²) in [4.78, 5) is 15.4. The van der Waals surface area contributed by atoms with Gasteiger partial charge in [-0.25, -0.2) is 0 Å². The van der Waals surface area contributed by atoms with Crippen LogP contribution >= 0.6 is 11.8 Å². The molecule has 3 aromatic rings. The number of furan rings is 1. The molecule has 5 nitrogen and oxygen atoms in total. The summed E-state index contributed by atoms with van der Waals surface area (Å²) in [5, 5.41) is 9.19. The highest BCUT2D eigenvalue weighted by Gasteiger charge is 2.34. The number of thioether (sulfide) groups is 1. The first-order valence-corrected chi connectivity index (χ1v) is 11.6. The normalized spacial score (nSPS) is 17.1. The molecule has 2 aromatic carbocycles. The van der Waals surface area contributed by atoms with Gasteiger partial charge in [-0.05, 0) is 64.6 Å². The van der Waals surface area contributed by atoms with Gasteiger partial charge in [0.2, 0.25) is 0 Å². The van der Waals surface area contributed by atoms with Crippen molar-refractivity contribution >= 4 is 35.1 Å². The maximum atomic E-state index is 13.2. The second kappa shape index (κ2) is 9.63. The van der Waals surface area contributed by atoms with Crippen molar-refractivity contribution in [2.45, 2.75) is 39.7 Å². The molecule has 0 bridgehead atoms. The van der Waals surface area contributed by atoms with E-state index in [4.69, 9.17) is 4.42 Å². The minimum atomic E-state index is -0.108. The second-order valence-electron chi connectivity index (χ2n) is 8.94. The van der Waals surface area contributed by atoms with Crippen molar-refractivity contribution in [3.63, 3.8) is 0 Å². The highest BCUT2D eigenvalue weighted by Crippen LogP contribution is 2.34. The standard InChI is InChI=1S/C27H27N3O2S/c1-19-8-5-6-9-21(19)16-24-25(31)30(18-23-10-7-15-32-23)26(33-24)29-28-17-20-11-13-22(14-12-20)27(2,3)4/h5-17H,18H2,1-4H3/b24-16-,28-17+,29-26-. The van der Waals surface area contributed by atoms with Crippen LogP contribution in [0.4, 0.5) is 0 Å². The molecule has 1 aromatic heterocycles. The van der Waals surface area contributed by atoms with Crippen LogP contribution in [0.2, 0.25) is 0 Å². The number of amides is 1. The Balaban J connectivity index is 1.59. The molecule has 1 aliphatic rings. The van der Waals surface area contributed by atoms with E-state index in [1.807, 2.05) is 61.5 Å². The topological polar surface area (TPSA) is 58.2 Å². The van der Waals surface area contributed by atoms with Crippen molar-refractivity contribution < 1.29 is 9.21 Å². The zero-order valence-electron chi connectivity index (χ0n) is 19.3. The van der Waals surface area contributed by atoms with Crippen LogP contribution in [0, 0.1) is 6.92 Å². The molecule has 0 atom stereocenters. The number of nitrogens with zero attached hydrogens (tertiary/aromatic N) is 3. The number of carbonyl (C=O) groups excluding carboxylic acids is 1. The Morgan fingerprint density at radius 2 is 1.79 bits per heavy atom. The molecule has 1 amide bonds. The fraction of sp³-hybridized carbons (Fsp3) is 0.222. The van der Waals surface area contributed by atoms with Crippen LogP contribution in [0.3, 0.4) is 0 Å². The molecule has 0 spiro atoms. The van der Waals surface area contributed by atoms with Gasteiger partial charge in [0.25, 0.3) is 5.91 Å². The molecule has 1 fully saturated rings. The fourth-order valence-electron chi connectivity index (χ4n) is 3.38. The lowest BCUT2D eigenvalue weighted by Crippen LogP contribution is -2.28. The van der Waals surface area contributed by atoms with Gasteiger partial charge in [0.05, 0.1) is 23.9 Å². The van der Waals surface area contributed by atoms with E-state index in [9.17, 15) is 4.79 Å². The first-order valence-electron chi connectivity index (χ1n) is 10.8. The maximum Gasteiger partial charge on any atom is 0.267 e. The first-order chi connectivity index (χ1) is 15.8. The number of aryl methyl sites for hydroxylation is 1. The van der Waals surface area contributed by atoms with Gasteiger partial charge in [-0.3, -0.25) is 9.69 Å². The Hall–Kier alpha value is -3.38. The molecule has 0 N–H and O–H groups in total. The van der Waals surface area contributed by atoms with Crippen LogP contribution in [0.1, 0.15) is 48.8 Å². The molecule has 4 rings (SSSR count). The van der Waals surface area contributed by atoms with Crippen LogP contribution in [0.25, 0.3) is 6.08 Å². The van der Waals surface area contributed by atoms with E-state index in [0.717, 1.165) is 16.7 Å². The summed E-state index contributed by atoms with van der Waals surface area (Å²) in [5.74, 6) is 0.582. The summed E-state index contributed by atoms with van der Waals surface area (Å²) in [7, 11) is 0. The number of benzene rings is 2. The Kier molecular flexibility index (Phi) is 6.65. The number of carbonyl (C=O) groups is 1. The minimum absolute atomic E-state index is 0.100. The average molecular weight is 458 g/mol. The quantitative estimate of drug-likeness (QED) is 0.253. The Morgan fingerprint density at radius 1 is 1.03 bits per heavy atom. The molecular weight excluding hydrogens is 430 g/mol. The number of hydrogen-bond acceptors (Lipinski definition) is 5. The predicted octanol–water partition coefficient (Wildman–Crippen LogP) is 6.39. The minimum Gasteiger partial charge on any atom is -0.467 e. The first kappa shape index (κ1) is 22.8. The third-order valence-electron chi connectivity index (χ3n) is 5.38. The van der Waals surface area contributed by atoms with E-state index < -0.39 is 0 Å². The van der Waals surface area contributed by atoms with Gasteiger partial charge in [-0.15, -0.1) is 5.10 Å². The highest BCUT2D eigenvalue weighted by atomic mass is 32.2. The van der Waals surface area contributed by atoms with Crippen LogP contribution in [0.5, 0.6) is 0 Å². The van der Waals surface area contributed by atoms with E-state index in [1.165, 1.54) is 17.3 Å². The lowest BCUT2D eigenvalue weighted by molar-refractivity contribution is -0.122.